The number of nitrogens with zero attached hydrogens (tertiary/aromatic N) is 1. The van der Waals surface area contributed by atoms with Crippen LogP contribution in [0.3, 0.4) is 0 Å². The Bertz CT molecular complexity index is 1340. The minimum atomic E-state index is -4.33. The van der Waals surface area contributed by atoms with Gasteiger partial charge in [0.2, 0.25) is 6.29 Å². The first-order valence-electron chi connectivity index (χ1n) is 17.8. The highest BCUT2D eigenvalue weighted by molar-refractivity contribution is 7.84. The van der Waals surface area contributed by atoms with Crippen molar-refractivity contribution in [2.45, 2.75) is 121 Å². The Balaban J connectivity index is 1.26. The van der Waals surface area contributed by atoms with Crippen molar-refractivity contribution in [2.24, 2.45) is 23.2 Å². The summed E-state index contributed by atoms with van der Waals surface area (Å²) < 4.78 is 67.7. The third kappa shape index (κ3) is 8.61. The van der Waals surface area contributed by atoms with E-state index in [1.807, 2.05) is 19.1 Å². The third-order valence-electron chi connectivity index (χ3n) is 11.6. The highest BCUT2D eigenvalue weighted by Crippen LogP contribution is 2.63. The molecule has 1 heterocycles. The van der Waals surface area contributed by atoms with Crippen LogP contribution in [0.1, 0.15) is 82.3 Å². The second-order valence-electron chi connectivity index (χ2n) is 14.7. The van der Waals surface area contributed by atoms with Gasteiger partial charge in [0.15, 0.2) is 0 Å². The van der Waals surface area contributed by atoms with Crippen LogP contribution < -0.4 is 0 Å². The van der Waals surface area contributed by atoms with Crippen molar-refractivity contribution in [3.05, 3.63) is 29.3 Å². The molecule has 1 aromatic carbocycles. The van der Waals surface area contributed by atoms with Gasteiger partial charge in [0, 0.05) is 28.9 Å². The van der Waals surface area contributed by atoms with E-state index in [0.717, 1.165) is 44.1 Å². The molecule has 15 heteroatoms. The number of phenols is 1. The monoisotopic (exact) mass is 735 g/mol. The van der Waals surface area contributed by atoms with Crippen molar-refractivity contribution in [1.29, 1.82) is 0 Å². The average Bonchev–Trinajstić information content (AvgIpc) is 3.41. The molecular formula is C35H52F3NO10S. The van der Waals surface area contributed by atoms with Gasteiger partial charge in [0.1, 0.15) is 36.9 Å². The number of amides is 1. The lowest BCUT2D eigenvalue weighted by atomic mass is 9.52. The maximum absolute atomic E-state index is 13.2. The number of carbonyl (C=O) groups is 1. The number of halogens is 3. The topological polar surface area (TPSA) is 166 Å². The summed E-state index contributed by atoms with van der Waals surface area (Å²) >= 11 is 0. The van der Waals surface area contributed by atoms with E-state index in [0.29, 0.717) is 12.8 Å². The van der Waals surface area contributed by atoms with Gasteiger partial charge in [-0.3, -0.25) is 9.11 Å². The molecule has 12 atom stereocenters. The lowest BCUT2D eigenvalue weighted by Gasteiger charge is -2.53. The lowest BCUT2D eigenvalue weighted by molar-refractivity contribution is -0.287. The molecule has 3 aliphatic carbocycles. The molecule has 1 amide bonds. The van der Waals surface area contributed by atoms with Crippen LogP contribution in [0.15, 0.2) is 18.2 Å². The summed E-state index contributed by atoms with van der Waals surface area (Å²) in [7, 11) is -1.55. The molecule has 1 aliphatic heterocycles. The number of aliphatic hydroxyl groups is 4. The standard InChI is InChI=1S/C35H52F3NO10S/c1-3-13-39(33(45)49-32-31(44)30(43)29(42)26(18-40)48-32)19-47-27-9-8-25-28-20(5-4-14-50(46)15-12-35(36,37)38)16-21-17-22(41)6-7-23(21)24(28)10-11-34(25,27)2/h6-7,17,20,24-32,40-44H,3-5,8-16,18-19H2,1-2H3/t20?,24?,25?,26-,27+,28?,29-,30+,31-,32+,34+,50?/m1/s1. The highest BCUT2D eigenvalue weighted by atomic mass is 32.2. The molecule has 5 N–H and O–H groups in total. The largest absolute Gasteiger partial charge is 0.508 e. The van der Waals surface area contributed by atoms with Crippen molar-refractivity contribution in [3.63, 3.8) is 0 Å². The number of phenolic OH excluding ortho intramolecular Hbond substituents is 1. The van der Waals surface area contributed by atoms with E-state index >= 15 is 0 Å². The molecule has 4 aliphatic rings. The minimum absolute atomic E-state index is 0.0829. The summed E-state index contributed by atoms with van der Waals surface area (Å²) in [6.45, 7) is 3.66. The van der Waals surface area contributed by atoms with Crippen LogP contribution in [0.4, 0.5) is 18.0 Å². The van der Waals surface area contributed by atoms with Gasteiger partial charge in [-0.05, 0) is 104 Å². The number of alkyl halides is 3. The third-order valence-corrected chi connectivity index (χ3v) is 13.0. The molecule has 5 unspecified atom stereocenters. The summed E-state index contributed by atoms with van der Waals surface area (Å²) in [5.41, 5.74) is 2.11. The van der Waals surface area contributed by atoms with E-state index in [2.05, 4.69) is 6.92 Å². The fourth-order valence-electron chi connectivity index (χ4n) is 9.12. The summed E-state index contributed by atoms with van der Waals surface area (Å²) in [4.78, 5) is 14.6. The molecule has 0 radical (unpaired) electrons. The quantitative estimate of drug-likeness (QED) is 0.187. The van der Waals surface area contributed by atoms with E-state index < -0.39 is 66.8 Å². The predicted octanol–water partition coefficient (Wildman–Crippen LogP) is 3.95. The number of rotatable bonds is 13. The van der Waals surface area contributed by atoms with Crippen molar-refractivity contribution in [1.82, 2.24) is 4.90 Å². The normalized spacial score (nSPS) is 35.9. The number of benzene rings is 1. The van der Waals surface area contributed by atoms with Crippen LogP contribution in [0.5, 0.6) is 5.75 Å². The van der Waals surface area contributed by atoms with Gasteiger partial charge in [-0.15, -0.1) is 0 Å². The van der Waals surface area contributed by atoms with E-state index in [-0.39, 0.29) is 65.7 Å². The van der Waals surface area contributed by atoms with Crippen molar-refractivity contribution in [2.75, 3.05) is 31.4 Å². The lowest BCUT2D eigenvalue weighted by Crippen LogP contribution is -2.60. The number of aliphatic hydroxyl groups excluding tert-OH is 4. The van der Waals surface area contributed by atoms with Crippen LogP contribution in [-0.4, -0.2) is 115 Å². The van der Waals surface area contributed by atoms with Crippen molar-refractivity contribution in [3.8, 4) is 5.75 Å². The number of fused-ring (bicyclic) bond motifs is 5. The fraction of sp³-hybridized carbons (Fsp3) is 0.800. The summed E-state index contributed by atoms with van der Waals surface area (Å²) in [6.07, 6.45) is -8.18. The molecule has 2 saturated carbocycles. The Morgan fingerprint density at radius 2 is 1.88 bits per heavy atom. The summed E-state index contributed by atoms with van der Waals surface area (Å²) in [5, 5.41) is 50.3. The first kappa shape index (κ1) is 39.2. The number of aromatic hydroxyl groups is 1. The SMILES string of the molecule is CCCN(CO[C@H]1CCC2C3C(CCCS(=O)CCC(F)(F)F)Cc4cc(O)ccc4C3CC[C@@]21C)C(=O)O[C@@H]1O[C@H](CO)[C@@H](O)[C@H](O)[C@H]1O. The smallest absolute Gasteiger partial charge is 0.414 e. The van der Waals surface area contributed by atoms with E-state index in [9.17, 15) is 47.7 Å². The molecule has 1 saturated heterocycles. The van der Waals surface area contributed by atoms with Crippen molar-refractivity contribution < 1.29 is 61.9 Å². The van der Waals surface area contributed by atoms with Crippen molar-refractivity contribution >= 4 is 16.9 Å². The maximum Gasteiger partial charge on any atom is 0.414 e. The van der Waals surface area contributed by atoms with Gasteiger partial charge in [-0.1, -0.05) is 19.9 Å². The Morgan fingerprint density at radius 1 is 1.12 bits per heavy atom. The number of hydrogen-bond acceptors (Lipinski definition) is 10. The molecule has 0 spiro atoms. The van der Waals surface area contributed by atoms with Gasteiger partial charge in [0.25, 0.3) is 0 Å². The second kappa shape index (κ2) is 16.3. The van der Waals surface area contributed by atoms with Crippen LogP contribution >= 0.6 is 0 Å². The Kier molecular flexibility index (Phi) is 12.8. The molecule has 284 valence electrons. The molecule has 3 fully saturated rings. The molecule has 11 nitrogen and oxygen atoms in total. The van der Waals surface area contributed by atoms with Crippen LogP contribution in [0.25, 0.3) is 0 Å². The van der Waals surface area contributed by atoms with E-state index in [4.69, 9.17) is 14.2 Å². The van der Waals surface area contributed by atoms with Gasteiger partial charge in [-0.2, -0.15) is 13.2 Å². The highest BCUT2D eigenvalue weighted by Gasteiger charge is 2.57. The first-order valence-corrected chi connectivity index (χ1v) is 19.3. The Morgan fingerprint density at radius 3 is 2.58 bits per heavy atom. The molecule has 1 aromatic rings. The summed E-state index contributed by atoms with van der Waals surface area (Å²) in [6, 6.07) is 5.56. The number of ether oxygens (including phenoxy) is 3. The molecular weight excluding hydrogens is 683 g/mol. The maximum atomic E-state index is 13.2. The van der Waals surface area contributed by atoms with E-state index in [1.165, 1.54) is 10.5 Å². The van der Waals surface area contributed by atoms with Crippen LogP contribution in [0.2, 0.25) is 0 Å². The number of hydrogen-bond donors (Lipinski definition) is 5. The Labute approximate surface area is 293 Å². The predicted molar refractivity (Wildman–Crippen MR) is 176 cm³/mol. The van der Waals surface area contributed by atoms with Crippen LogP contribution in [-0.2, 0) is 31.4 Å². The zero-order valence-corrected chi connectivity index (χ0v) is 29.5. The molecule has 0 bridgehead atoms. The Hall–Kier alpha value is -2.01. The zero-order valence-electron chi connectivity index (χ0n) is 28.7. The molecule has 50 heavy (non-hydrogen) atoms. The van der Waals surface area contributed by atoms with E-state index in [1.54, 1.807) is 6.07 Å². The molecule has 0 aromatic heterocycles. The number of carbonyl (C=O) groups excluding carboxylic acids is 1. The first-order chi connectivity index (χ1) is 23.7. The zero-order chi connectivity index (χ0) is 36.4. The van der Waals surface area contributed by atoms with Crippen LogP contribution in [0, 0.1) is 23.2 Å². The van der Waals surface area contributed by atoms with Gasteiger partial charge in [0.05, 0.1) is 19.1 Å². The summed E-state index contributed by atoms with van der Waals surface area (Å²) in [5.74, 6) is 1.02. The van der Waals surface area contributed by atoms with Gasteiger partial charge >= 0.3 is 12.3 Å². The molecule has 5 rings (SSSR count). The average molecular weight is 736 g/mol. The minimum Gasteiger partial charge on any atom is -0.508 e. The van der Waals surface area contributed by atoms with Gasteiger partial charge < -0.3 is 39.7 Å². The van der Waals surface area contributed by atoms with Gasteiger partial charge in [-0.25, -0.2) is 4.79 Å². The fourth-order valence-corrected chi connectivity index (χ4v) is 10.3. The second-order valence-corrected chi connectivity index (χ2v) is 16.4.